The molecule has 2 aliphatic rings. The smallest absolute Gasteiger partial charge is 0.0544 e. The summed E-state index contributed by atoms with van der Waals surface area (Å²) >= 11 is 0. The van der Waals surface area contributed by atoms with Crippen molar-refractivity contribution in [2.75, 3.05) is 0 Å². The van der Waals surface area contributed by atoms with E-state index in [0.717, 1.165) is 0 Å². The second-order valence-corrected chi connectivity index (χ2v) is 18.7. The van der Waals surface area contributed by atoms with Gasteiger partial charge in [0.15, 0.2) is 0 Å². The molecule has 0 N–H and O–H groups in total. The molecule has 0 spiro atoms. The van der Waals surface area contributed by atoms with E-state index in [1.165, 1.54) is 99.5 Å². The van der Waals surface area contributed by atoms with Crippen molar-refractivity contribution in [2.24, 2.45) is 5.41 Å². The SMILES string of the molecule is CC1(C)c2ccccc2-c2cc3c4ccccc4n(-c4ccc(-c5ccc(-n6c7ccccc7c7cc8c(cc76)C(C)(C)C(C)(C)C8(C)C)cc5)cc4)c3cc21. The molecule has 0 saturated heterocycles. The van der Waals surface area contributed by atoms with Crippen molar-refractivity contribution in [3.8, 4) is 33.6 Å². The van der Waals surface area contributed by atoms with Crippen LogP contribution in [0.3, 0.4) is 0 Å². The van der Waals surface area contributed by atoms with Crippen LogP contribution in [0.15, 0.2) is 146 Å². The summed E-state index contributed by atoms with van der Waals surface area (Å²) < 4.78 is 4.93. The molecule has 2 heteroatoms. The van der Waals surface area contributed by atoms with E-state index in [9.17, 15) is 0 Å². The van der Waals surface area contributed by atoms with Gasteiger partial charge in [-0.15, -0.1) is 0 Å². The Bertz CT molecular complexity index is 3100. The van der Waals surface area contributed by atoms with Gasteiger partial charge in [-0.1, -0.05) is 140 Å². The van der Waals surface area contributed by atoms with Gasteiger partial charge in [0.2, 0.25) is 0 Å². The summed E-state index contributed by atoms with van der Waals surface area (Å²) in [5.74, 6) is 0. The third-order valence-corrected chi connectivity index (χ3v) is 15.2. The first-order chi connectivity index (χ1) is 26.8. The van der Waals surface area contributed by atoms with Gasteiger partial charge < -0.3 is 9.13 Å². The monoisotopic (exact) mass is 724 g/mol. The topological polar surface area (TPSA) is 9.86 Å². The average Bonchev–Trinajstić information content (AvgIpc) is 3.81. The molecule has 11 rings (SSSR count). The van der Waals surface area contributed by atoms with Gasteiger partial charge in [0.25, 0.3) is 0 Å². The highest BCUT2D eigenvalue weighted by atomic mass is 15.0. The maximum Gasteiger partial charge on any atom is 0.0544 e. The van der Waals surface area contributed by atoms with Crippen molar-refractivity contribution < 1.29 is 0 Å². The van der Waals surface area contributed by atoms with E-state index >= 15 is 0 Å². The van der Waals surface area contributed by atoms with Crippen LogP contribution in [0.5, 0.6) is 0 Å². The lowest BCUT2D eigenvalue weighted by atomic mass is 9.59. The molecular formula is C54H48N2. The van der Waals surface area contributed by atoms with Gasteiger partial charge in [-0.25, -0.2) is 0 Å². The fourth-order valence-corrected chi connectivity index (χ4v) is 10.8. The molecule has 0 radical (unpaired) electrons. The Hall–Kier alpha value is -5.86. The lowest BCUT2D eigenvalue weighted by Gasteiger charge is -2.44. The second kappa shape index (κ2) is 10.9. The standard InChI is InChI=1S/C54H48N2/c1-51(2)43-18-12-9-15-37(43)40-29-41-38-16-10-13-19-47(38)55(49(41)31-44(40)51)35-25-21-33(22-26-35)34-23-27-36(28-24-34)56-48-20-14-11-17-39(48)42-30-45-46(32-50(42)56)53(5,6)54(7,8)52(45,3)4/h9-32H,1-8H3. The van der Waals surface area contributed by atoms with Gasteiger partial charge in [-0.05, 0) is 121 Å². The van der Waals surface area contributed by atoms with Gasteiger partial charge in [0, 0.05) is 38.3 Å². The zero-order chi connectivity index (χ0) is 38.5. The number of nitrogens with zero attached hydrogens (tertiary/aromatic N) is 2. The Labute approximate surface area is 330 Å². The van der Waals surface area contributed by atoms with Crippen LogP contribution in [0.4, 0.5) is 0 Å². The highest BCUT2D eigenvalue weighted by Crippen LogP contribution is 2.62. The summed E-state index contributed by atoms with van der Waals surface area (Å²) in [7, 11) is 0. The number of benzene rings is 7. The fourth-order valence-electron chi connectivity index (χ4n) is 10.8. The van der Waals surface area contributed by atoms with E-state index in [0.29, 0.717) is 0 Å². The number of fused-ring (bicyclic) bond motifs is 10. The minimum absolute atomic E-state index is 0.0407. The molecule has 0 unspecified atom stereocenters. The predicted molar refractivity (Wildman–Crippen MR) is 238 cm³/mol. The molecule has 9 aromatic rings. The summed E-state index contributed by atoms with van der Waals surface area (Å²) in [6, 6.07) is 55.0. The molecule has 0 saturated carbocycles. The molecule has 0 bridgehead atoms. The van der Waals surface area contributed by atoms with Gasteiger partial charge in [0.05, 0.1) is 22.1 Å². The highest BCUT2D eigenvalue weighted by Gasteiger charge is 2.57. The normalized spacial score (nSPS) is 17.1. The van der Waals surface area contributed by atoms with Crippen molar-refractivity contribution in [3.63, 3.8) is 0 Å². The minimum Gasteiger partial charge on any atom is -0.309 e. The highest BCUT2D eigenvalue weighted by molar-refractivity contribution is 6.12. The Kier molecular flexibility index (Phi) is 6.53. The van der Waals surface area contributed by atoms with Crippen LogP contribution in [-0.4, -0.2) is 9.13 Å². The van der Waals surface area contributed by atoms with E-state index < -0.39 is 0 Å². The zero-order valence-corrected chi connectivity index (χ0v) is 33.8. The largest absolute Gasteiger partial charge is 0.309 e. The minimum atomic E-state index is -0.0545. The van der Waals surface area contributed by atoms with Gasteiger partial charge in [0.1, 0.15) is 0 Å². The van der Waals surface area contributed by atoms with Crippen molar-refractivity contribution in [1.82, 2.24) is 9.13 Å². The van der Waals surface area contributed by atoms with Crippen molar-refractivity contribution in [2.45, 2.75) is 71.6 Å². The number of hydrogen-bond acceptors (Lipinski definition) is 0. The lowest BCUT2D eigenvalue weighted by Crippen LogP contribution is -2.42. The molecule has 2 aromatic heterocycles. The molecular weight excluding hydrogens is 677 g/mol. The maximum atomic E-state index is 2.51. The van der Waals surface area contributed by atoms with Crippen LogP contribution in [0, 0.1) is 5.41 Å². The molecule has 2 nitrogen and oxygen atoms in total. The van der Waals surface area contributed by atoms with Gasteiger partial charge in [-0.2, -0.15) is 0 Å². The average molecular weight is 725 g/mol. The number of para-hydroxylation sites is 2. The molecule has 0 aliphatic heterocycles. The second-order valence-electron chi connectivity index (χ2n) is 18.7. The van der Waals surface area contributed by atoms with Gasteiger partial charge >= 0.3 is 0 Å². The Morgan fingerprint density at radius 2 is 0.786 bits per heavy atom. The molecule has 2 aliphatic carbocycles. The molecule has 0 amide bonds. The first-order valence-electron chi connectivity index (χ1n) is 20.3. The van der Waals surface area contributed by atoms with E-state index in [1.54, 1.807) is 0 Å². The first kappa shape index (κ1) is 33.5. The van der Waals surface area contributed by atoms with E-state index in [4.69, 9.17) is 0 Å². The Morgan fingerprint density at radius 1 is 0.339 bits per heavy atom. The Balaban J connectivity index is 0.999. The van der Waals surface area contributed by atoms with Crippen LogP contribution < -0.4 is 0 Å². The van der Waals surface area contributed by atoms with E-state index in [1.807, 2.05) is 0 Å². The van der Waals surface area contributed by atoms with Crippen molar-refractivity contribution in [3.05, 3.63) is 168 Å². The third-order valence-electron chi connectivity index (χ3n) is 15.2. The fraction of sp³-hybridized carbons (Fsp3) is 0.222. The summed E-state index contributed by atoms with van der Waals surface area (Å²) in [5, 5.41) is 5.24. The quantitative estimate of drug-likeness (QED) is 0.172. The summed E-state index contributed by atoms with van der Waals surface area (Å²) in [5.41, 5.74) is 18.5. The molecule has 274 valence electrons. The van der Waals surface area contributed by atoms with Crippen LogP contribution in [0.2, 0.25) is 0 Å². The van der Waals surface area contributed by atoms with Crippen LogP contribution in [0.25, 0.3) is 77.2 Å². The summed E-state index contributed by atoms with van der Waals surface area (Å²) in [4.78, 5) is 0. The lowest BCUT2D eigenvalue weighted by molar-refractivity contribution is 0.125. The molecule has 0 fully saturated rings. The summed E-state index contributed by atoms with van der Waals surface area (Å²) in [6.07, 6.45) is 0. The third kappa shape index (κ3) is 4.12. The molecule has 56 heavy (non-hydrogen) atoms. The zero-order valence-electron chi connectivity index (χ0n) is 33.8. The summed E-state index contributed by atoms with van der Waals surface area (Å²) in [6.45, 7) is 19.4. The first-order valence-corrected chi connectivity index (χ1v) is 20.3. The Morgan fingerprint density at radius 3 is 1.34 bits per heavy atom. The number of rotatable bonds is 3. The van der Waals surface area contributed by atoms with Crippen LogP contribution >= 0.6 is 0 Å². The maximum absolute atomic E-state index is 2.51. The number of hydrogen-bond donors (Lipinski definition) is 0. The molecule has 0 atom stereocenters. The molecule has 2 heterocycles. The van der Waals surface area contributed by atoms with E-state index in [-0.39, 0.29) is 21.7 Å². The number of aromatic nitrogens is 2. The predicted octanol–water partition coefficient (Wildman–Crippen LogP) is 14.4. The van der Waals surface area contributed by atoms with Gasteiger partial charge in [-0.3, -0.25) is 0 Å². The van der Waals surface area contributed by atoms with E-state index in [2.05, 4.69) is 210 Å². The molecule has 7 aromatic carbocycles. The van der Waals surface area contributed by atoms with Crippen LogP contribution in [-0.2, 0) is 16.2 Å². The van der Waals surface area contributed by atoms with Crippen LogP contribution in [0.1, 0.15) is 77.6 Å². The van der Waals surface area contributed by atoms with Crippen molar-refractivity contribution >= 4 is 43.6 Å². The van der Waals surface area contributed by atoms with Crippen molar-refractivity contribution in [1.29, 1.82) is 0 Å².